The first kappa shape index (κ1) is 20.5. The summed E-state index contributed by atoms with van der Waals surface area (Å²) in [6.45, 7) is 4.10. The second-order valence-corrected chi connectivity index (χ2v) is 8.55. The second kappa shape index (κ2) is 8.87. The van der Waals surface area contributed by atoms with Gasteiger partial charge < -0.3 is 4.74 Å². The Hall–Kier alpha value is -1.20. The SMILES string of the molecule is CCC[C@H]1CC[C@H](c2ccc3c(F)c(OC(=S)S)c(F)c(CC)c3c2)CC1. The molecule has 1 aliphatic rings. The number of thiocarbonyl (C=S) groups is 1. The first-order chi connectivity index (χ1) is 13.0. The van der Waals surface area contributed by atoms with Gasteiger partial charge in [-0.3, -0.25) is 0 Å². The number of benzene rings is 2. The van der Waals surface area contributed by atoms with Crippen LogP contribution >= 0.6 is 24.8 Å². The Morgan fingerprint density at radius 2 is 1.81 bits per heavy atom. The Kier molecular flexibility index (Phi) is 6.74. The van der Waals surface area contributed by atoms with E-state index in [9.17, 15) is 8.78 Å². The molecule has 5 heteroatoms. The fraction of sp³-hybridized carbons (Fsp3) is 0.500. The molecule has 0 atom stereocenters. The lowest BCUT2D eigenvalue weighted by Gasteiger charge is -2.29. The molecule has 0 aromatic heterocycles. The monoisotopic (exact) mass is 408 g/mol. The Balaban J connectivity index is 1.99. The Morgan fingerprint density at radius 1 is 1.11 bits per heavy atom. The van der Waals surface area contributed by atoms with Gasteiger partial charge in [-0.25, -0.2) is 8.78 Å². The van der Waals surface area contributed by atoms with E-state index in [0.29, 0.717) is 28.7 Å². The molecular weight excluding hydrogens is 382 g/mol. The fourth-order valence-electron chi connectivity index (χ4n) is 4.45. The number of thiol groups is 1. The zero-order chi connectivity index (χ0) is 19.6. The molecule has 3 rings (SSSR count). The van der Waals surface area contributed by atoms with Gasteiger partial charge in [0.1, 0.15) is 0 Å². The quantitative estimate of drug-likeness (QED) is 0.409. The summed E-state index contributed by atoms with van der Waals surface area (Å²) >= 11 is 8.59. The fourth-order valence-corrected chi connectivity index (χ4v) is 4.62. The van der Waals surface area contributed by atoms with E-state index in [4.69, 9.17) is 17.0 Å². The summed E-state index contributed by atoms with van der Waals surface area (Å²) in [5.41, 5.74) is 1.65. The molecule has 1 nitrogen and oxygen atoms in total. The molecule has 0 aliphatic heterocycles. The van der Waals surface area contributed by atoms with Crippen LogP contribution in [0, 0.1) is 17.6 Å². The Bertz CT molecular complexity index is 842. The van der Waals surface area contributed by atoms with Crippen molar-refractivity contribution in [1.82, 2.24) is 0 Å². The predicted octanol–water partition coefficient (Wildman–Crippen LogP) is 7.35. The van der Waals surface area contributed by atoms with Crippen LogP contribution < -0.4 is 4.74 Å². The molecule has 0 spiro atoms. The van der Waals surface area contributed by atoms with Crippen LogP contribution in [0.2, 0.25) is 0 Å². The largest absolute Gasteiger partial charge is 0.434 e. The first-order valence-electron chi connectivity index (χ1n) is 9.80. The lowest BCUT2D eigenvalue weighted by atomic mass is 9.77. The number of hydrogen-bond acceptors (Lipinski definition) is 2. The van der Waals surface area contributed by atoms with Crippen molar-refractivity contribution in [3.63, 3.8) is 0 Å². The molecule has 146 valence electrons. The number of hydrogen-bond donors (Lipinski definition) is 1. The Labute approximate surface area is 170 Å². The molecule has 2 aromatic rings. The van der Waals surface area contributed by atoms with Crippen molar-refractivity contribution in [2.75, 3.05) is 0 Å². The number of ether oxygens (including phenoxy) is 1. The smallest absolute Gasteiger partial charge is 0.223 e. The molecule has 0 heterocycles. The molecule has 27 heavy (non-hydrogen) atoms. The minimum absolute atomic E-state index is 0.199. The summed E-state index contributed by atoms with van der Waals surface area (Å²) in [7, 11) is 0. The van der Waals surface area contributed by atoms with Gasteiger partial charge in [-0.2, -0.15) is 0 Å². The molecule has 1 fully saturated rings. The summed E-state index contributed by atoms with van der Waals surface area (Å²) in [5.74, 6) is -0.541. The van der Waals surface area contributed by atoms with E-state index in [1.54, 1.807) is 6.07 Å². The third kappa shape index (κ3) is 4.29. The van der Waals surface area contributed by atoms with E-state index in [1.165, 1.54) is 31.2 Å². The van der Waals surface area contributed by atoms with E-state index in [-0.39, 0.29) is 4.38 Å². The average molecular weight is 409 g/mol. The highest BCUT2D eigenvalue weighted by molar-refractivity contribution is 8.10. The van der Waals surface area contributed by atoms with Gasteiger partial charge in [-0.05, 0) is 72.7 Å². The van der Waals surface area contributed by atoms with Crippen molar-refractivity contribution in [2.45, 2.75) is 64.7 Å². The lowest BCUT2D eigenvalue weighted by Crippen LogP contribution is -2.13. The second-order valence-electron chi connectivity index (χ2n) is 7.47. The molecule has 0 bridgehead atoms. The number of halogens is 2. The zero-order valence-electron chi connectivity index (χ0n) is 15.9. The molecule has 0 N–H and O–H groups in total. The number of fused-ring (bicyclic) bond motifs is 1. The highest BCUT2D eigenvalue weighted by Gasteiger charge is 2.25. The van der Waals surface area contributed by atoms with Crippen LogP contribution in [0.1, 0.15) is 69.4 Å². The molecule has 1 aliphatic carbocycles. The Morgan fingerprint density at radius 3 is 2.41 bits per heavy atom. The molecule has 0 amide bonds. The number of aryl methyl sites for hydroxylation is 1. The maximum Gasteiger partial charge on any atom is 0.223 e. The van der Waals surface area contributed by atoms with Crippen LogP contribution in [0.25, 0.3) is 10.8 Å². The molecule has 2 aromatic carbocycles. The first-order valence-corrected chi connectivity index (χ1v) is 10.7. The van der Waals surface area contributed by atoms with E-state index < -0.39 is 17.4 Å². The lowest BCUT2D eigenvalue weighted by molar-refractivity contribution is 0.308. The highest BCUT2D eigenvalue weighted by Crippen LogP contribution is 2.40. The van der Waals surface area contributed by atoms with Crippen molar-refractivity contribution in [2.24, 2.45) is 5.92 Å². The van der Waals surface area contributed by atoms with Gasteiger partial charge in [-0.15, -0.1) is 0 Å². The third-order valence-electron chi connectivity index (χ3n) is 5.83. The van der Waals surface area contributed by atoms with Gasteiger partial charge in [0.2, 0.25) is 10.1 Å². The van der Waals surface area contributed by atoms with Crippen molar-refractivity contribution in [3.05, 3.63) is 41.0 Å². The van der Waals surface area contributed by atoms with Gasteiger partial charge in [0.25, 0.3) is 0 Å². The molecule has 1 saturated carbocycles. The van der Waals surface area contributed by atoms with Crippen LogP contribution in [-0.4, -0.2) is 4.38 Å². The zero-order valence-corrected chi connectivity index (χ0v) is 17.6. The maximum atomic E-state index is 14.9. The number of rotatable bonds is 5. The molecule has 0 unspecified atom stereocenters. The maximum absolute atomic E-state index is 14.9. The van der Waals surface area contributed by atoms with Crippen LogP contribution in [0.5, 0.6) is 5.75 Å². The van der Waals surface area contributed by atoms with Crippen LogP contribution in [0.4, 0.5) is 8.78 Å². The summed E-state index contributed by atoms with van der Waals surface area (Å²) in [4.78, 5) is 0. The van der Waals surface area contributed by atoms with Gasteiger partial charge in [0, 0.05) is 5.39 Å². The van der Waals surface area contributed by atoms with Gasteiger partial charge in [0.15, 0.2) is 11.6 Å². The molecule has 0 saturated heterocycles. The summed E-state index contributed by atoms with van der Waals surface area (Å²) < 4.78 is 34.6. The van der Waals surface area contributed by atoms with Crippen molar-refractivity contribution < 1.29 is 13.5 Å². The van der Waals surface area contributed by atoms with Crippen LogP contribution in [0.3, 0.4) is 0 Å². The summed E-state index contributed by atoms with van der Waals surface area (Å²) in [6, 6.07) is 5.72. The van der Waals surface area contributed by atoms with Gasteiger partial charge >= 0.3 is 0 Å². The summed E-state index contributed by atoms with van der Waals surface area (Å²) in [5, 5.41) is 1.01. The minimum atomic E-state index is -0.714. The predicted molar refractivity (Wildman–Crippen MR) is 115 cm³/mol. The van der Waals surface area contributed by atoms with Crippen molar-refractivity contribution >= 4 is 40.0 Å². The van der Waals surface area contributed by atoms with Crippen LogP contribution in [-0.2, 0) is 6.42 Å². The van der Waals surface area contributed by atoms with E-state index in [2.05, 4.69) is 19.6 Å². The third-order valence-corrected chi connectivity index (χ3v) is 6.00. The summed E-state index contributed by atoms with van der Waals surface area (Å²) in [6.07, 6.45) is 7.78. The van der Waals surface area contributed by atoms with Crippen molar-refractivity contribution in [1.29, 1.82) is 0 Å². The van der Waals surface area contributed by atoms with E-state index in [0.717, 1.165) is 18.8 Å². The average Bonchev–Trinajstić information content (AvgIpc) is 2.66. The molecule has 0 radical (unpaired) electrons. The minimum Gasteiger partial charge on any atom is -0.434 e. The molecular formula is C22H26F2OS2. The van der Waals surface area contributed by atoms with Gasteiger partial charge in [0.05, 0.1) is 0 Å². The normalized spacial score (nSPS) is 20.0. The standard InChI is InChI=1S/C22H26F2OS2/c1-3-5-13-6-8-14(9-7-13)15-10-11-17-18(12-15)16(4-2)19(23)21(20(17)24)25-22(26)27/h10-14H,3-9H2,1-2H3,(H,26,27)/t13-,14-. The van der Waals surface area contributed by atoms with Gasteiger partial charge in [-0.1, -0.05) is 57.5 Å². The van der Waals surface area contributed by atoms with Crippen molar-refractivity contribution in [3.8, 4) is 5.75 Å². The van der Waals surface area contributed by atoms with Crippen LogP contribution in [0.15, 0.2) is 18.2 Å². The topological polar surface area (TPSA) is 9.23 Å². The van der Waals surface area contributed by atoms with E-state index in [1.807, 2.05) is 19.1 Å². The highest BCUT2D eigenvalue weighted by atomic mass is 32.1. The van der Waals surface area contributed by atoms with E-state index >= 15 is 0 Å².